The van der Waals surface area contributed by atoms with Gasteiger partial charge in [-0.05, 0) is 47.6 Å². The first-order chi connectivity index (χ1) is 17.5. The second kappa shape index (κ2) is 8.72. The van der Waals surface area contributed by atoms with Crippen LogP contribution >= 0.6 is 0 Å². The third-order valence-corrected chi connectivity index (χ3v) is 8.04. The minimum Gasteiger partial charge on any atom is -0.448 e. The van der Waals surface area contributed by atoms with Crippen LogP contribution in [-0.4, -0.2) is 39.8 Å². The first-order valence-corrected chi connectivity index (χ1v) is 12.4. The van der Waals surface area contributed by atoms with Gasteiger partial charge in [-0.15, -0.1) is 0 Å². The first-order valence-electron chi connectivity index (χ1n) is 12.4. The summed E-state index contributed by atoms with van der Waals surface area (Å²) < 4.78 is 20.2. The molecule has 0 radical (unpaired) electrons. The van der Waals surface area contributed by atoms with Crippen LogP contribution in [0.5, 0.6) is 0 Å². The van der Waals surface area contributed by atoms with Gasteiger partial charge in [-0.2, -0.15) is 5.26 Å². The number of aromatic nitrogens is 1. The van der Waals surface area contributed by atoms with Crippen molar-refractivity contribution in [1.82, 2.24) is 9.88 Å². The van der Waals surface area contributed by atoms with Crippen molar-refractivity contribution in [2.24, 2.45) is 0 Å². The van der Waals surface area contributed by atoms with E-state index in [-0.39, 0.29) is 49.2 Å². The van der Waals surface area contributed by atoms with Gasteiger partial charge in [0.2, 0.25) is 0 Å². The molecule has 2 fully saturated rings. The highest BCUT2D eigenvalue weighted by Gasteiger charge is 2.49. The van der Waals surface area contributed by atoms with Crippen molar-refractivity contribution in [3.63, 3.8) is 0 Å². The molecule has 6 rings (SSSR count). The zero-order valence-electron chi connectivity index (χ0n) is 19.7. The van der Waals surface area contributed by atoms with Gasteiger partial charge in [0.05, 0.1) is 5.60 Å². The van der Waals surface area contributed by atoms with Crippen LogP contribution in [0.2, 0.25) is 0 Å². The van der Waals surface area contributed by atoms with Crippen LogP contribution in [0.25, 0.3) is 11.1 Å². The SMILES string of the molecule is N#Cc1ncc(C2(O)CC3CCCC(C2)N3C(=O)OCC2c3ccccc3-c3ccccc32)cc1F. The van der Waals surface area contributed by atoms with Gasteiger partial charge in [0, 0.05) is 42.6 Å². The van der Waals surface area contributed by atoms with Crippen molar-refractivity contribution in [2.75, 3.05) is 6.61 Å². The van der Waals surface area contributed by atoms with Gasteiger partial charge in [0.15, 0.2) is 11.5 Å². The summed E-state index contributed by atoms with van der Waals surface area (Å²) in [5, 5.41) is 20.5. The molecule has 1 aliphatic carbocycles. The summed E-state index contributed by atoms with van der Waals surface area (Å²) in [5.41, 5.74) is 3.43. The summed E-state index contributed by atoms with van der Waals surface area (Å²) in [6, 6.07) is 18.9. The van der Waals surface area contributed by atoms with Crippen LogP contribution in [0, 0.1) is 17.1 Å². The number of rotatable bonds is 3. The van der Waals surface area contributed by atoms with E-state index in [9.17, 15) is 14.3 Å². The predicted molar refractivity (Wildman–Crippen MR) is 130 cm³/mol. The van der Waals surface area contributed by atoms with E-state index >= 15 is 0 Å². The van der Waals surface area contributed by atoms with Crippen molar-refractivity contribution in [3.05, 3.63) is 89.0 Å². The fraction of sp³-hybridized carbons (Fsp3) is 0.345. The molecule has 182 valence electrons. The zero-order valence-corrected chi connectivity index (χ0v) is 19.7. The summed E-state index contributed by atoms with van der Waals surface area (Å²) in [6.07, 6.45) is 4.02. The number of nitrogens with zero attached hydrogens (tertiary/aromatic N) is 3. The van der Waals surface area contributed by atoms with Crippen LogP contribution in [0.15, 0.2) is 60.8 Å². The zero-order chi connectivity index (χ0) is 24.9. The molecule has 2 saturated heterocycles. The lowest BCUT2D eigenvalue weighted by molar-refractivity contribution is -0.0893. The number of aliphatic hydroxyl groups is 1. The van der Waals surface area contributed by atoms with Gasteiger partial charge in [0.25, 0.3) is 0 Å². The number of pyridine rings is 1. The molecule has 3 aliphatic rings. The molecule has 1 N–H and O–H groups in total. The lowest BCUT2D eigenvalue weighted by Crippen LogP contribution is -2.59. The molecule has 2 unspecified atom stereocenters. The first kappa shape index (κ1) is 22.7. The molecule has 1 amide bonds. The number of piperidine rings is 2. The Morgan fingerprint density at radius 1 is 1.11 bits per heavy atom. The maximum Gasteiger partial charge on any atom is 0.410 e. The van der Waals surface area contributed by atoms with Crippen molar-refractivity contribution in [3.8, 4) is 17.2 Å². The Labute approximate surface area is 209 Å². The van der Waals surface area contributed by atoms with Gasteiger partial charge in [0.1, 0.15) is 12.7 Å². The van der Waals surface area contributed by atoms with Crippen molar-refractivity contribution >= 4 is 6.09 Å². The predicted octanol–water partition coefficient (Wildman–Crippen LogP) is 5.25. The molecule has 1 aromatic heterocycles. The third-order valence-electron chi connectivity index (χ3n) is 8.04. The second-order valence-corrected chi connectivity index (χ2v) is 10.1. The number of ether oxygens (including phenoxy) is 1. The topological polar surface area (TPSA) is 86.5 Å². The summed E-state index contributed by atoms with van der Waals surface area (Å²) >= 11 is 0. The van der Waals surface area contributed by atoms with E-state index in [0.29, 0.717) is 5.56 Å². The lowest BCUT2D eigenvalue weighted by atomic mass is 9.73. The summed E-state index contributed by atoms with van der Waals surface area (Å²) in [5.74, 6) is -0.761. The molecule has 36 heavy (non-hydrogen) atoms. The quantitative estimate of drug-likeness (QED) is 0.550. The van der Waals surface area contributed by atoms with E-state index in [4.69, 9.17) is 10.00 Å². The summed E-state index contributed by atoms with van der Waals surface area (Å²) in [7, 11) is 0. The highest BCUT2D eigenvalue weighted by Crippen LogP contribution is 2.46. The number of nitriles is 1. The number of carbonyl (C=O) groups is 1. The molecule has 2 aliphatic heterocycles. The molecule has 6 nitrogen and oxygen atoms in total. The van der Waals surface area contributed by atoms with E-state index < -0.39 is 11.4 Å². The van der Waals surface area contributed by atoms with E-state index in [1.54, 1.807) is 11.0 Å². The van der Waals surface area contributed by atoms with E-state index in [1.165, 1.54) is 23.4 Å². The van der Waals surface area contributed by atoms with E-state index in [0.717, 1.165) is 30.4 Å². The molecule has 7 heteroatoms. The van der Waals surface area contributed by atoms with Crippen LogP contribution in [-0.2, 0) is 10.3 Å². The lowest BCUT2D eigenvalue weighted by Gasteiger charge is -2.51. The maximum absolute atomic E-state index is 14.2. The Morgan fingerprint density at radius 3 is 2.31 bits per heavy atom. The summed E-state index contributed by atoms with van der Waals surface area (Å²) in [6.45, 7) is 0.248. The Bertz CT molecular complexity index is 1320. The monoisotopic (exact) mass is 483 g/mol. The number of carbonyl (C=O) groups excluding carboxylic acids is 1. The third kappa shape index (κ3) is 3.64. The average molecular weight is 484 g/mol. The average Bonchev–Trinajstić information content (AvgIpc) is 3.20. The van der Waals surface area contributed by atoms with Gasteiger partial charge < -0.3 is 14.7 Å². The summed E-state index contributed by atoms with van der Waals surface area (Å²) in [4.78, 5) is 19.1. The van der Waals surface area contributed by atoms with Gasteiger partial charge in [-0.25, -0.2) is 14.2 Å². The maximum atomic E-state index is 14.2. The van der Waals surface area contributed by atoms with E-state index in [2.05, 4.69) is 29.2 Å². The largest absolute Gasteiger partial charge is 0.448 e. The Balaban J connectivity index is 1.20. The molecule has 2 bridgehead atoms. The number of halogens is 1. The van der Waals surface area contributed by atoms with Gasteiger partial charge in [-0.3, -0.25) is 0 Å². The highest BCUT2D eigenvalue weighted by atomic mass is 19.1. The van der Waals surface area contributed by atoms with Crippen LogP contribution in [0.4, 0.5) is 9.18 Å². The molecule has 3 aromatic rings. The molecule has 0 spiro atoms. The number of hydrogen-bond donors (Lipinski definition) is 1. The number of benzene rings is 2. The number of amides is 1. The Hall–Kier alpha value is -3.76. The van der Waals surface area contributed by atoms with E-state index in [1.807, 2.05) is 24.3 Å². The number of hydrogen-bond acceptors (Lipinski definition) is 5. The van der Waals surface area contributed by atoms with Crippen LogP contribution < -0.4 is 0 Å². The van der Waals surface area contributed by atoms with Crippen molar-refractivity contribution in [1.29, 1.82) is 5.26 Å². The normalized spacial score (nSPS) is 24.5. The molecule has 2 aromatic carbocycles. The minimum absolute atomic E-state index is 0.0180. The fourth-order valence-electron chi connectivity index (χ4n) is 6.41. The minimum atomic E-state index is -1.31. The van der Waals surface area contributed by atoms with Crippen molar-refractivity contribution < 1.29 is 19.0 Å². The Kier molecular flexibility index (Phi) is 5.50. The highest BCUT2D eigenvalue weighted by molar-refractivity contribution is 5.79. The second-order valence-electron chi connectivity index (χ2n) is 10.1. The van der Waals surface area contributed by atoms with Gasteiger partial charge >= 0.3 is 6.09 Å². The molecular formula is C29H26FN3O3. The molecule has 3 heterocycles. The standard InChI is InChI=1S/C29H26FN3O3/c30-26-12-18(16-32-27(26)15-31)29(35)13-19-6-5-7-20(14-29)33(19)28(34)36-17-25-23-10-3-1-8-21(23)22-9-2-4-11-24(22)25/h1-4,8-12,16,19-20,25,35H,5-7,13-14,17H2. The van der Waals surface area contributed by atoms with Crippen LogP contribution in [0.1, 0.15) is 60.4 Å². The van der Waals surface area contributed by atoms with Gasteiger partial charge in [-0.1, -0.05) is 48.5 Å². The number of fused-ring (bicyclic) bond motifs is 5. The molecule has 0 saturated carbocycles. The smallest absolute Gasteiger partial charge is 0.410 e. The van der Waals surface area contributed by atoms with Crippen LogP contribution in [0.3, 0.4) is 0 Å². The van der Waals surface area contributed by atoms with Crippen molar-refractivity contribution in [2.45, 2.75) is 55.7 Å². The fourth-order valence-corrected chi connectivity index (χ4v) is 6.41. The Morgan fingerprint density at radius 2 is 1.72 bits per heavy atom. The molecular weight excluding hydrogens is 457 g/mol. The molecule has 2 atom stereocenters.